The molecule has 5 nitrogen and oxygen atoms in total. The highest BCUT2D eigenvalue weighted by Crippen LogP contribution is 2.33. The molecule has 0 saturated carbocycles. The molecule has 3 amide bonds. The van der Waals surface area contributed by atoms with Gasteiger partial charge in [-0.1, -0.05) is 34.8 Å². The van der Waals surface area contributed by atoms with Gasteiger partial charge in [0.15, 0.2) is 6.61 Å². The largest absolute Gasteiger partial charge is 0.482 e. The number of nitrogens with two attached hydrogens (primary N) is 1. The summed E-state index contributed by atoms with van der Waals surface area (Å²) in [5.74, 6) is -0.514. The van der Waals surface area contributed by atoms with Crippen molar-refractivity contribution in [1.82, 2.24) is 5.32 Å². The molecule has 1 aromatic carbocycles. The third kappa shape index (κ3) is 4.30. The van der Waals surface area contributed by atoms with E-state index in [-0.39, 0.29) is 20.8 Å². The average Bonchev–Trinajstić information content (AvgIpc) is 2.20. The van der Waals surface area contributed by atoms with Gasteiger partial charge in [-0.05, 0) is 6.07 Å². The normalized spacial score (nSPS) is 9.82. The van der Waals surface area contributed by atoms with E-state index in [1.54, 1.807) is 0 Å². The minimum Gasteiger partial charge on any atom is -0.482 e. The number of benzene rings is 1. The number of hydrogen-bond donors (Lipinski definition) is 2. The lowest BCUT2D eigenvalue weighted by Crippen LogP contribution is -2.38. The van der Waals surface area contributed by atoms with Gasteiger partial charge in [0.1, 0.15) is 5.75 Å². The first-order valence-electron chi connectivity index (χ1n) is 4.26. The molecule has 0 bridgehead atoms. The molecular formula is C9H7Cl3N2O3. The highest BCUT2D eigenvalue weighted by molar-refractivity contribution is 6.43. The molecule has 17 heavy (non-hydrogen) atoms. The van der Waals surface area contributed by atoms with E-state index in [1.807, 2.05) is 5.32 Å². The SMILES string of the molecule is NC(=O)NC(=O)COc1cc(Cl)c(Cl)cc1Cl. The first-order valence-corrected chi connectivity index (χ1v) is 5.40. The predicted molar refractivity (Wildman–Crippen MR) is 64.7 cm³/mol. The molecule has 0 aliphatic rings. The van der Waals surface area contributed by atoms with Gasteiger partial charge < -0.3 is 10.5 Å². The van der Waals surface area contributed by atoms with E-state index in [9.17, 15) is 9.59 Å². The maximum Gasteiger partial charge on any atom is 0.318 e. The van der Waals surface area contributed by atoms with Gasteiger partial charge in [0.25, 0.3) is 5.91 Å². The van der Waals surface area contributed by atoms with Gasteiger partial charge in [-0.2, -0.15) is 0 Å². The zero-order valence-electron chi connectivity index (χ0n) is 8.30. The maximum absolute atomic E-state index is 11.1. The topological polar surface area (TPSA) is 81.4 Å². The van der Waals surface area contributed by atoms with Crippen molar-refractivity contribution in [3.05, 3.63) is 27.2 Å². The van der Waals surface area contributed by atoms with Crippen LogP contribution in [0.15, 0.2) is 12.1 Å². The number of carbonyl (C=O) groups is 2. The Balaban J connectivity index is 2.66. The van der Waals surface area contributed by atoms with Crippen LogP contribution in [-0.4, -0.2) is 18.5 Å². The lowest BCUT2D eigenvalue weighted by molar-refractivity contribution is -0.121. The fraction of sp³-hybridized carbons (Fsp3) is 0.111. The number of primary amides is 1. The van der Waals surface area contributed by atoms with Crippen molar-refractivity contribution in [3.8, 4) is 5.75 Å². The fourth-order valence-corrected chi connectivity index (χ4v) is 1.52. The number of amides is 3. The molecule has 3 N–H and O–H groups in total. The van der Waals surface area contributed by atoms with Crippen molar-refractivity contribution in [2.24, 2.45) is 5.73 Å². The van der Waals surface area contributed by atoms with Crippen LogP contribution in [0, 0.1) is 0 Å². The number of urea groups is 1. The molecule has 0 fully saturated rings. The van der Waals surface area contributed by atoms with Crippen molar-refractivity contribution in [2.75, 3.05) is 6.61 Å². The molecule has 0 aliphatic heterocycles. The van der Waals surface area contributed by atoms with E-state index in [0.717, 1.165) is 0 Å². The van der Waals surface area contributed by atoms with Crippen LogP contribution in [0.25, 0.3) is 0 Å². The summed E-state index contributed by atoms with van der Waals surface area (Å²) >= 11 is 17.2. The molecule has 1 rings (SSSR count). The van der Waals surface area contributed by atoms with Gasteiger partial charge >= 0.3 is 6.03 Å². The summed E-state index contributed by atoms with van der Waals surface area (Å²) in [6.07, 6.45) is 0. The molecule has 1 aromatic rings. The Morgan fingerprint density at radius 2 is 1.76 bits per heavy atom. The zero-order chi connectivity index (χ0) is 13.0. The Labute approximate surface area is 112 Å². The number of imide groups is 1. The van der Waals surface area contributed by atoms with Gasteiger partial charge in [-0.3, -0.25) is 10.1 Å². The highest BCUT2D eigenvalue weighted by Gasteiger charge is 2.10. The number of ether oxygens (including phenoxy) is 1. The van der Waals surface area contributed by atoms with Crippen LogP contribution < -0.4 is 15.8 Å². The maximum atomic E-state index is 11.1. The molecular weight excluding hydrogens is 290 g/mol. The van der Waals surface area contributed by atoms with Gasteiger partial charge in [0.05, 0.1) is 15.1 Å². The van der Waals surface area contributed by atoms with E-state index < -0.39 is 18.5 Å². The van der Waals surface area contributed by atoms with Crippen molar-refractivity contribution in [2.45, 2.75) is 0 Å². The third-order valence-electron chi connectivity index (χ3n) is 1.60. The molecule has 0 radical (unpaired) electrons. The summed E-state index contributed by atoms with van der Waals surface area (Å²) in [5, 5.41) is 2.54. The number of nitrogens with one attached hydrogen (secondary N) is 1. The lowest BCUT2D eigenvalue weighted by Gasteiger charge is -2.08. The first kappa shape index (κ1) is 13.9. The molecule has 0 unspecified atom stereocenters. The Morgan fingerprint density at radius 1 is 1.18 bits per heavy atom. The molecule has 92 valence electrons. The number of carbonyl (C=O) groups excluding carboxylic acids is 2. The minimum absolute atomic E-state index is 0.181. The fourth-order valence-electron chi connectivity index (χ4n) is 0.932. The lowest BCUT2D eigenvalue weighted by atomic mass is 10.3. The summed E-state index contributed by atoms with van der Waals surface area (Å²) in [4.78, 5) is 21.4. The molecule has 0 spiro atoms. The second-order valence-corrected chi connectivity index (χ2v) is 4.12. The summed E-state index contributed by atoms with van der Waals surface area (Å²) in [6, 6.07) is 1.79. The quantitative estimate of drug-likeness (QED) is 0.839. The van der Waals surface area contributed by atoms with Crippen LogP contribution in [0.3, 0.4) is 0 Å². The van der Waals surface area contributed by atoms with E-state index in [0.29, 0.717) is 0 Å². The van der Waals surface area contributed by atoms with Crippen LogP contribution >= 0.6 is 34.8 Å². The van der Waals surface area contributed by atoms with Gasteiger partial charge in [0, 0.05) is 6.07 Å². The third-order valence-corrected chi connectivity index (χ3v) is 2.61. The summed E-state index contributed by atoms with van der Waals surface area (Å²) in [7, 11) is 0. The van der Waals surface area contributed by atoms with Gasteiger partial charge in [0.2, 0.25) is 0 Å². The Kier molecular flexibility index (Phi) is 4.86. The van der Waals surface area contributed by atoms with E-state index >= 15 is 0 Å². The van der Waals surface area contributed by atoms with Crippen LogP contribution in [0.1, 0.15) is 0 Å². The zero-order valence-corrected chi connectivity index (χ0v) is 10.6. The first-order chi connectivity index (χ1) is 7.90. The van der Waals surface area contributed by atoms with Crippen LogP contribution in [-0.2, 0) is 4.79 Å². The Hall–Kier alpha value is -1.17. The number of rotatable bonds is 3. The highest BCUT2D eigenvalue weighted by atomic mass is 35.5. The minimum atomic E-state index is -0.959. The van der Waals surface area contributed by atoms with Crippen LogP contribution in [0.4, 0.5) is 4.79 Å². The Bertz CT molecular complexity index is 465. The van der Waals surface area contributed by atoms with Crippen LogP contribution in [0.2, 0.25) is 15.1 Å². The van der Waals surface area contributed by atoms with Gasteiger partial charge in [-0.15, -0.1) is 0 Å². The number of hydrogen-bond acceptors (Lipinski definition) is 3. The van der Waals surface area contributed by atoms with Crippen molar-refractivity contribution in [1.29, 1.82) is 0 Å². The molecule has 0 saturated heterocycles. The Morgan fingerprint density at radius 3 is 2.35 bits per heavy atom. The van der Waals surface area contributed by atoms with Gasteiger partial charge in [-0.25, -0.2) is 4.79 Å². The van der Waals surface area contributed by atoms with E-state index in [4.69, 9.17) is 45.3 Å². The van der Waals surface area contributed by atoms with E-state index in [2.05, 4.69) is 0 Å². The number of halogens is 3. The standard InChI is InChI=1S/C9H7Cl3N2O3/c10-4-1-6(12)7(2-5(4)11)17-3-8(15)14-9(13)16/h1-2H,3H2,(H3,13,14,15,16). The van der Waals surface area contributed by atoms with E-state index in [1.165, 1.54) is 12.1 Å². The molecule has 0 heterocycles. The smallest absolute Gasteiger partial charge is 0.318 e. The van der Waals surface area contributed by atoms with Crippen LogP contribution in [0.5, 0.6) is 5.75 Å². The van der Waals surface area contributed by atoms with Crippen molar-refractivity contribution >= 4 is 46.7 Å². The molecule has 8 heteroatoms. The summed E-state index contributed by atoms with van der Waals surface area (Å²) in [6.45, 7) is -0.416. The average molecular weight is 298 g/mol. The molecule has 0 aromatic heterocycles. The molecule has 0 aliphatic carbocycles. The monoisotopic (exact) mass is 296 g/mol. The second-order valence-electron chi connectivity index (χ2n) is 2.90. The molecule has 0 atom stereocenters. The van der Waals surface area contributed by atoms with Crippen molar-refractivity contribution < 1.29 is 14.3 Å². The summed E-state index contributed by atoms with van der Waals surface area (Å²) < 4.78 is 5.04. The predicted octanol–water partition coefficient (Wildman–Crippen LogP) is 2.22. The van der Waals surface area contributed by atoms with Crippen molar-refractivity contribution in [3.63, 3.8) is 0 Å². The second kappa shape index (κ2) is 5.95. The summed E-state index contributed by atoms with van der Waals surface area (Å²) in [5.41, 5.74) is 4.75.